The Labute approximate surface area is 169 Å². The second-order valence-electron chi connectivity index (χ2n) is 8.25. The molecule has 2 aliphatic rings. The highest BCUT2D eigenvalue weighted by molar-refractivity contribution is 6.05. The molecule has 1 saturated carbocycles. The van der Waals surface area contributed by atoms with Crippen LogP contribution in [-0.2, 0) is 4.79 Å². The first-order valence-corrected chi connectivity index (χ1v) is 10.4. The van der Waals surface area contributed by atoms with Crippen molar-refractivity contribution in [2.24, 2.45) is 0 Å². The highest BCUT2D eigenvalue weighted by Crippen LogP contribution is 2.25. The number of nitrogens with zero attached hydrogens (tertiary/aromatic N) is 1. The molecule has 2 aromatic rings. The lowest BCUT2D eigenvalue weighted by Crippen LogP contribution is -2.44. The first kappa shape index (κ1) is 19.6. The normalized spacial score (nSPS) is 22.4. The molecule has 2 heterocycles. The van der Waals surface area contributed by atoms with Crippen molar-refractivity contribution >= 4 is 22.7 Å². The summed E-state index contributed by atoms with van der Waals surface area (Å²) in [6.07, 6.45) is 5.79. The van der Waals surface area contributed by atoms with Crippen molar-refractivity contribution in [3.05, 3.63) is 46.2 Å². The Morgan fingerprint density at radius 3 is 2.66 bits per heavy atom. The molecule has 0 radical (unpaired) electrons. The zero-order valence-corrected chi connectivity index (χ0v) is 16.7. The van der Waals surface area contributed by atoms with Crippen LogP contribution in [0.1, 0.15) is 48.9 Å². The van der Waals surface area contributed by atoms with Crippen molar-refractivity contribution in [1.29, 1.82) is 0 Å². The first-order valence-electron chi connectivity index (χ1n) is 10.4. The fourth-order valence-corrected chi connectivity index (χ4v) is 4.33. The molecule has 1 saturated heterocycles. The van der Waals surface area contributed by atoms with Crippen LogP contribution in [0.4, 0.5) is 0 Å². The third-order valence-electron chi connectivity index (χ3n) is 6.37. The summed E-state index contributed by atoms with van der Waals surface area (Å²) in [5.74, 6) is -0.113. The second-order valence-corrected chi connectivity index (χ2v) is 8.25. The summed E-state index contributed by atoms with van der Waals surface area (Å²) >= 11 is 0. The van der Waals surface area contributed by atoms with Crippen LogP contribution in [0.3, 0.4) is 0 Å². The summed E-state index contributed by atoms with van der Waals surface area (Å²) < 4.78 is 0. The number of aromatic amines is 1. The summed E-state index contributed by atoms with van der Waals surface area (Å²) in [6.45, 7) is 0.497. The second kappa shape index (κ2) is 8.37. The summed E-state index contributed by atoms with van der Waals surface area (Å²) in [4.78, 5) is 41.8. The Morgan fingerprint density at radius 1 is 1.14 bits per heavy atom. The molecule has 29 heavy (non-hydrogen) atoms. The van der Waals surface area contributed by atoms with Crippen LogP contribution in [0.2, 0.25) is 0 Å². The number of likely N-dealkylation sites (N-methyl/N-ethyl adjacent to an activating group) is 1. The number of rotatable bonds is 6. The fraction of sp³-hybridized carbons (Fsp3) is 0.500. The minimum absolute atomic E-state index is 0.131. The monoisotopic (exact) mass is 396 g/mol. The summed E-state index contributed by atoms with van der Waals surface area (Å²) in [7, 11) is 2.02. The molecule has 3 N–H and O–H groups in total. The largest absolute Gasteiger partial charge is 0.353 e. The number of nitrogens with one attached hydrogen (secondary N) is 3. The van der Waals surface area contributed by atoms with E-state index < -0.39 is 0 Å². The molecule has 2 amide bonds. The Morgan fingerprint density at radius 2 is 1.90 bits per heavy atom. The smallest absolute Gasteiger partial charge is 0.252 e. The van der Waals surface area contributed by atoms with Crippen molar-refractivity contribution in [3.8, 4) is 0 Å². The van der Waals surface area contributed by atoms with Crippen LogP contribution in [0.15, 0.2) is 35.1 Å². The molecule has 2 fully saturated rings. The number of amides is 2. The summed E-state index contributed by atoms with van der Waals surface area (Å²) in [5, 5.41) is 6.82. The number of aromatic nitrogens is 1. The molecule has 1 aliphatic heterocycles. The quantitative estimate of drug-likeness (QED) is 0.694. The number of carbonyl (C=O) groups is 2. The van der Waals surface area contributed by atoms with Crippen molar-refractivity contribution in [1.82, 2.24) is 20.5 Å². The molecule has 7 nitrogen and oxygen atoms in total. The van der Waals surface area contributed by atoms with E-state index in [0.29, 0.717) is 30.1 Å². The van der Waals surface area contributed by atoms with E-state index in [9.17, 15) is 14.4 Å². The minimum Gasteiger partial charge on any atom is -0.353 e. The highest BCUT2D eigenvalue weighted by Gasteiger charge is 2.32. The molecular formula is C22H28N4O3. The number of benzene rings is 1. The predicted octanol–water partition coefficient (Wildman–Crippen LogP) is 1.78. The molecule has 1 aromatic carbocycles. The van der Waals surface area contributed by atoms with Gasteiger partial charge in [0.05, 0.1) is 5.56 Å². The van der Waals surface area contributed by atoms with E-state index in [-0.39, 0.29) is 29.5 Å². The van der Waals surface area contributed by atoms with Crippen LogP contribution >= 0.6 is 0 Å². The molecule has 0 spiro atoms. The van der Waals surface area contributed by atoms with Gasteiger partial charge in [0.15, 0.2) is 0 Å². The number of likely N-dealkylation sites (tertiary alicyclic amines) is 1. The van der Waals surface area contributed by atoms with Gasteiger partial charge in [-0.2, -0.15) is 0 Å². The molecule has 1 aliphatic carbocycles. The van der Waals surface area contributed by atoms with Crippen molar-refractivity contribution < 1.29 is 9.59 Å². The van der Waals surface area contributed by atoms with Crippen LogP contribution in [-0.4, -0.2) is 53.4 Å². The van der Waals surface area contributed by atoms with Crippen molar-refractivity contribution in [2.75, 3.05) is 13.6 Å². The summed E-state index contributed by atoms with van der Waals surface area (Å²) in [5.41, 5.74) is 0.756. The van der Waals surface area contributed by atoms with E-state index >= 15 is 0 Å². The van der Waals surface area contributed by atoms with E-state index in [2.05, 4.69) is 20.5 Å². The van der Waals surface area contributed by atoms with Gasteiger partial charge in [0.25, 0.3) is 5.91 Å². The maximum absolute atomic E-state index is 12.7. The van der Waals surface area contributed by atoms with Crippen LogP contribution in [0.5, 0.6) is 0 Å². The molecule has 2 atom stereocenters. The topological polar surface area (TPSA) is 94.3 Å². The molecule has 1 aromatic heterocycles. The van der Waals surface area contributed by atoms with E-state index in [1.54, 1.807) is 6.07 Å². The SMILES string of the molecule is CN1[C@@H](CC(=O)NC2CCC2)CC[C@H]1CNC(=O)c1cc(=O)[nH]c2ccccc12. The minimum atomic E-state index is -0.288. The van der Waals surface area contributed by atoms with E-state index in [0.717, 1.165) is 31.1 Å². The van der Waals surface area contributed by atoms with Gasteiger partial charge in [0, 0.05) is 48.1 Å². The van der Waals surface area contributed by atoms with Gasteiger partial charge >= 0.3 is 0 Å². The maximum atomic E-state index is 12.7. The van der Waals surface area contributed by atoms with Crippen LogP contribution < -0.4 is 16.2 Å². The molecule has 154 valence electrons. The molecular weight excluding hydrogens is 368 g/mol. The number of pyridine rings is 1. The maximum Gasteiger partial charge on any atom is 0.252 e. The van der Waals surface area contributed by atoms with Crippen molar-refractivity contribution in [2.45, 2.75) is 56.7 Å². The van der Waals surface area contributed by atoms with Crippen LogP contribution in [0.25, 0.3) is 10.9 Å². The third-order valence-corrected chi connectivity index (χ3v) is 6.37. The fourth-order valence-electron chi connectivity index (χ4n) is 4.33. The standard InChI is InChI=1S/C22H28N4O3/c1-26-15(11-20(27)24-14-5-4-6-14)9-10-16(26)13-23-22(29)18-12-21(28)25-19-8-3-2-7-17(18)19/h2-3,7-8,12,14-16H,4-6,9-11,13H2,1H3,(H,23,29)(H,24,27)(H,25,28)/t15-,16+/m1/s1. The highest BCUT2D eigenvalue weighted by atomic mass is 16.2. The molecule has 7 heteroatoms. The van der Waals surface area contributed by atoms with Gasteiger partial charge in [-0.15, -0.1) is 0 Å². The number of hydrogen-bond acceptors (Lipinski definition) is 4. The zero-order chi connectivity index (χ0) is 20.4. The number of para-hydroxylation sites is 1. The lowest BCUT2D eigenvalue weighted by atomic mass is 9.93. The molecule has 4 rings (SSSR count). The van der Waals surface area contributed by atoms with Gasteiger partial charge in [-0.05, 0) is 45.2 Å². The average molecular weight is 396 g/mol. The lowest BCUT2D eigenvalue weighted by molar-refractivity contribution is -0.123. The average Bonchev–Trinajstić information content (AvgIpc) is 3.01. The Balaban J connectivity index is 1.34. The van der Waals surface area contributed by atoms with E-state index in [1.165, 1.54) is 12.5 Å². The third kappa shape index (κ3) is 4.34. The predicted molar refractivity (Wildman–Crippen MR) is 112 cm³/mol. The Bertz CT molecular complexity index is 966. The Kier molecular flexibility index (Phi) is 5.67. The van der Waals surface area contributed by atoms with Crippen LogP contribution in [0, 0.1) is 0 Å². The number of carbonyl (C=O) groups excluding carboxylic acids is 2. The number of fused-ring (bicyclic) bond motifs is 1. The Hall–Kier alpha value is -2.67. The van der Waals surface area contributed by atoms with Gasteiger partial charge in [0.1, 0.15) is 0 Å². The van der Waals surface area contributed by atoms with Gasteiger partial charge in [0.2, 0.25) is 11.5 Å². The van der Waals surface area contributed by atoms with Gasteiger partial charge in [-0.3, -0.25) is 19.3 Å². The van der Waals surface area contributed by atoms with Gasteiger partial charge in [-0.25, -0.2) is 0 Å². The zero-order valence-electron chi connectivity index (χ0n) is 16.7. The van der Waals surface area contributed by atoms with E-state index in [4.69, 9.17) is 0 Å². The van der Waals surface area contributed by atoms with Gasteiger partial charge < -0.3 is 15.6 Å². The summed E-state index contributed by atoms with van der Waals surface area (Å²) in [6, 6.07) is 9.41. The first-order chi connectivity index (χ1) is 14.0. The van der Waals surface area contributed by atoms with Gasteiger partial charge in [-0.1, -0.05) is 18.2 Å². The lowest BCUT2D eigenvalue weighted by Gasteiger charge is -2.29. The molecule has 0 bridgehead atoms. The number of hydrogen-bond donors (Lipinski definition) is 3. The van der Waals surface area contributed by atoms with Crippen molar-refractivity contribution in [3.63, 3.8) is 0 Å². The molecule has 0 unspecified atom stereocenters. The number of H-pyrrole nitrogens is 1. The van der Waals surface area contributed by atoms with E-state index in [1.807, 2.05) is 25.2 Å².